The zero-order chi connectivity index (χ0) is 24.4. The highest BCUT2D eigenvalue weighted by Crippen LogP contribution is 2.44. The number of hydrogen-bond donors (Lipinski definition) is 2. The predicted molar refractivity (Wildman–Crippen MR) is 140 cm³/mol. The number of nitrogens with one attached hydrogen (secondary N) is 1. The molecule has 0 spiro atoms. The number of fused-ring (bicyclic) bond motifs is 1. The van der Waals surface area contributed by atoms with Crippen LogP contribution in [0.2, 0.25) is 0 Å². The molecule has 0 atom stereocenters. The first-order valence-electron chi connectivity index (χ1n) is 12.4. The van der Waals surface area contributed by atoms with Gasteiger partial charge in [-0.1, -0.05) is 26.0 Å². The number of ether oxygens (including phenoxy) is 1. The Bertz CT molecular complexity index is 1300. The number of anilines is 2. The molecule has 7 heteroatoms. The van der Waals surface area contributed by atoms with Crippen molar-refractivity contribution in [3.05, 3.63) is 61.2 Å². The van der Waals surface area contributed by atoms with Gasteiger partial charge >= 0.3 is 0 Å². The van der Waals surface area contributed by atoms with E-state index in [0.29, 0.717) is 25.0 Å². The molecule has 5 rings (SSSR count). The third-order valence-corrected chi connectivity index (χ3v) is 6.67. The van der Waals surface area contributed by atoms with E-state index in [0.717, 1.165) is 58.7 Å². The molecule has 2 aromatic heterocycles. The third-order valence-electron chi connectivity index (χ3n) is 6.67. The molecule has 7 nitrogen and oxygen atoms in total. The number of hydrogen-bond acceptors (Lipinski definition) is 4. The minimum absolute atomic E-state index is 0.0383. The van der Waals surface area contributed by atoms with Crippen molar-refractivity contribution < 1.29 is 9.53 Å². The fourth-order valence-electron chi connectivity index (χ4n) is 4.71. The fraction of sp³-hybridized carbons (Fsp3) is 0.357. The summed E-state index contributed by atoms with van der Waals surface area (Å²) < 4.78 is 10.5. The maximum atomic E-state index is 12.2. The molecular formula is C28H33N5O2. The van der Waals surface area contributed by atoms with Crippen LogP contribution >= 0.6 is 0 Å². The topological polar surface area (TPSA) is 87.1 Å². The Labute approximate surface area is 205 Å². The van der Waals surface area contributed by atoms with Crippen LogP contribution in [0.4, 0.5) is 11.4 Å². The molecule has 4 aromatic rings. The van der Waals surface area contributed by atoms with Gasteiger partial charge in [0, 0.05) is 47.6 Å². The van der Waals surface area contributed by atoms with E-state index in [9.17, 15) is 4.79 Å². The second-order valence-corrected chi connectivity index (χ2v) is 9.77. The molecule has 182 valence electrons. The summed E-state index contributed by atoms with van der Waals surface area (Å²) in [6.45, 7) is 5.40. The highest BCUT2D eigenvalue weighted by molar-refractivity contribution is 6.02. The number of benzene rings is 2. The summed E-state index contributed by atoms with van der Waals surface area (Å²) in [6.07, 6.45) is 9.53. The quantitative estimate of drug-likeness (QED) is 0.319. The van der Waals surface area contributed by atoms with Gasteiger partial charge in [0.05, 0.1) is 29.8 Å². The van der Waals surface area contributed by atoms with Crippen molar-refractivity contribution in [3.8, 4) is 17.0 Å². The number of nitrogens with zero attached hydrogens (tertiary/aromatic N) is 3. The fourth-order valence-corrected chi connectivity index (χ4v) is 4.71. The minimum Gasteiger partial charge on any atom is -0.492 e. The summed E-state index contributed by atoms with van der Waals surface area (Å²) in [6, 6.07) is 14.6. The summed E-state index contributed by atoms with van der Waals surface area (Å²) in [4.78, 5) is 16.2. The van der Waals surface area contributed by atoms with Crippen LogP contribution in [0, 0.1) is 5.92 Å². The van der Waals surface area contributed by atoms with E-state index >= 15 is 0 Å². The first-order valence-corrected chi connectivity index (χ1v) is 12.4. The highest BCUT2D eigenvalue weighted by Gasteiger charge is 2.27. The molecule has 2 aromatic carbocycles. The Morgan fingerprint density at radius 1 is 1.20 bits per heavy atom. The summed E-state index contributed by atoms with van der Waals surface area (Å²) >= 11 is 0. The SMILES string of the molecule is CC(C)CC(=O)Nc1ccc(-c2c(N)c3ccc(OCCn4ccnc4)cc3n2C2CCC2)cc1. The van der Waals surface area contributed by atoms with Gasteiger partial charge < -0.3 is 24.9 Å². The summed E-state index contributed by atoms with van der Waals surface area (Å²) in [7, 11) is 0. The van der Waals surface area contributed by atoms with Crippen LogP contribution in [0.3, 0.4) is 0 Å². The second kappa shape index (κ2) is 9.86. The van der Waals surface area contributed by atoms with E-state index in [1.165, 1.54) is 6.42 Å². The molecule has 1 amide bonds. The van der Waals surface area contributed by atoms with Crippen molar-refractivity contribution in [2.75, 3.05) is 17.7 Å². The standard InChI is InChI=1S/C28H33N5O2/c1-19(2)16-26(34)31-21-8-6-20(7-9-21)28-27(29)24-11-10-23(35-15-14-32-13-12-30-18-32)17-25(24)33(28)22-4-3-5-22/h6-13,17-19,22H,3-5,14-16,29H2,1-2H3,(H,31,34). The second-order valence-electron chi connectivity index (χ2n) is 9.77. The Morgan fingerprint density at radius 2 is 2.00 bits per heavy atom. The summed E-state index contributed by atoms with van der Waals surface area (Å²) in [5.41, 5.74) is 11.5. The normalized spacial score (nSPS) is 13.8. The number of rotatable bonds is 9. The van der Waals surface area contributed by atoms with Crippen molar-refractivity contribution in [2.45, 2.75) is 52.1 Å². The zero-order valence-corrected chi connectivity index (χ0v) is 20.4. The number of aromatic nitrogens is 3. The van der Waals surface area contributed by atoms with E-state index in [-0.39, 0.29) is 5.91 Å². The average Bonchev–Trinajstić information content (AvgIpc) is 3.40. The summed E-state index contributed by atoms with van der Waals surface area (Å²) in [5.74, 6) is 1.20. The van der Waals surface area contributed by atoms with Gasteiger partial charge in [-0.2, -0.15) is 0 Å². The number of nitrogens with two attached hydrogens (primary N) is 1. The molecule has 0 radical (unpaired) electrons. The lowest BCUT2D eigenvalue weighted by molar-refractivity contribution is -0.116. The molecule has 0 saturated heterocycles. The van der Waals surface area contributed by atoms with Crippen LogP contribution in [-0.4, -0.2) is 26.6 Å². The highest BCUT2D eigenvalue weighted by atomic mass is 16.5. The maximum Gasteiger partial charge on any atom is 0.224 e. The molecule has 3 N–H and O–H groups in total. The first kappa shape index (κ1) is 23.0. The number of carbonyl (C=O) groups excluding carboxylic acids is 1. The third kappa shape index (κ3) is 4.90. The van der Waals surface area contributed by atoms with Gasteiger partial charge in [-0.05, 0) is 49.4 Å². The molecule has 2 heterocycles. The first-order chi connectivity index (χ1) is 17.0. The van der Waals surface area contributed by atoms with Crippen LogP contribution in [0.15, 0.2) is 61.2 Å². The molecule has 0 bridgehead atoms. The van der Waals surface area contributed by atoms with Crippen molar-refractivity contribution in [2.24, 2.45) is 5.92 Å². The lowest BCUT2D eigenvalue weighted by Crippen LogP contribution is -2.18. The number of imidazole rings is 1. The van der Waals surface area contributed by atoms with Crippen molar-refractivity contribution in [1.29, 1.82) is 0 Å². The van der Waals surface area contributed by atoms with E-state index < -0.39 is 0 Å². The lowest BCUT2D eigenvalue weighted by atomic mass is 9.92. The zero-order valence-electron chi connectivity index (χ0n) is 20.4. The van der Waals surface area contributed by atoms with Gasteiger partial charge in [0.25, 0.3) is 0 Å². The van der Waals surface area contributed by atoms with Crippen molar-refractivity contribution in [1.82, 2.24) is 14.1 Å². The van der Waals surface area contributed by atoms with Crippen LogP contribution < -0.4 is 15.8 Å². The van der Waals surface area contributed by atoms with Crippen molar-refractivity contribution >= 4 is 28.2 Å². The van der Waals surface area contributed by atoms with E-state index in [1.807, 2.05) is 54.9 Å². The van der Waals surface area contributed by atoms with Gasteiger partial charge in [-0.25, -0.2) is 4.98 Å². The maximum absolute atomic E-state index is 12.2. The van der Waals surface area contributed by atoms with Gasteiger partial charge in [0.2, 0.25) is 5.91 Å². The van der Waals surface area contributed by atoms with Gasteiger partial charge in [-0.15, -0.1) is 0 Å². The van der Waals surface area contributed by atoms with Gasteiger partial charge in [0.15, 0.2) is 0 Å². The Balaban J connectivity index is 1.43. The van der Waals surface area contributed by atoms with E-state index in [1.54, 1.807) is 12.5 Å². The molecule has 1 aliphatic rings. The Morgan fingerprint density at radius 3 is 2.66 bits per heavy atom. The van der Waals surface area contributed by atoms with E-state index in [2.05, 4.69) is 27.0 Å². The van der Waals surface area contributed by atoms with Crippen LogP contribution in [0.25, 0.3) is 22.2 Å². The molecule has 1 fully saturated rings. The molecular weight excluding hydrogens is 438 g/mol. The molecule has 1 aliphatic carbocycles. The molecule has 0 aliphatic heterocycles. The van der Waals surface area contributed by atoms with Crippen LogP contribution in [-0.2, 0) is 11.3 Å². The van der Waals surface area contributed by atoms with Crippen LogP contribution in [0.5, 0.6) is 5.75 Å². The Hall–Kier alpha value is -3.74. The van der Waals surface area contributed by atoms with E-state index in [4.69, 9.17) is 10.5 Å². The monoisotopic (exact) mass is 471 g/mol. The van der Waals surface area contributed by atoms with Gasteiger partial charge in [-0.3, -0.25) is 4.79 Å². The molecule has 1 saturated carbocycles. The number of amides is 1. The van der Waals surface area contributed by atoms with Crippen LogP contribution in [0.1, 0.15) is 45.6 Å². The summed E-state index contributed by atoms with van der Waals surface area (Å²) in [5, 5.41) is 4.04. The average molecular weight is 472 g/mol. The minimum atomic E-state index is 0.0383. The Kier molecular flexibility index (Phi) is 6.49. The lowest BCUT2D eigenvalue weighted by Gasteiger charge is -2.30. The largest absolute Gasteiger partial charge is 0.492 e. The number of nitrogen functional groups attached to an aromatic ring is 1. The number of carbonyl (C=O) groups is 1. The van der Waals surface area contributed by atoms with Gasteiger partial charge in [0.1, 0.15) is 12.4 Å². The predicted octanol–water partition coefficient (Wildman–Crippen LogP) is 5.88. The van der Waals surface area contributed by atoms with Crippen molar-refractivity contribution in [3.63, 3.8) is 0 Å². The molecule has 0 unspecified atom stereocenters. The molecule has 35 heavy (non-hydrogen) atoms. The smallest absolute Gasteiger partial charge is 0.224 e.